The normalized spacial score (nSPS) is 11.7. The zero-order valence-corrected chi connectivity index (χ0v) is 12.6. The number of hydrogen-bond acceptors (Lipinski definition) is 4. The number of hydrogen-bond donors (Lipinski definition) is 0. The van der Waals surface area contributed by atoms with Gasteiger partial charge >= 0.3 is 0 Å². The minimum absolute atomic E-state index is 0.837. The molecule has 0 heterocycles. The predicted octanol–water partition coefficient (Wildman–Crippen LogP) is 3.62. The highest BCUT2D eigenvalue weighted by Gasteiger charge is 1.98. The highest BCUT2D eigenvalue weighted by molar-refractivity contribution is 6.29. The lowest BCUT2D eigenvalue weighted by atomic mass is 10.3. The van der Waals surface area contributed by atoms with Gasteiger partial charge in [-0.05, 0) is 31.2 Å². The molecule has 0 aliphatic rings. The standard InChI is InChI=1S/C17H20N4/c1-15(19-21(3)17-12-8-5-9-13-17)14-18-20(2)16-10-6-4-7-11-16/h4-14H,1-3H3/b18-14+,19-15-. The molecular weight excluding hydrogens is 260 g/mol. The average Bonchev–Trinajstić information content (AvgIpc) is 2.54. The third kappa shape index (κ3) is 4.45. The Balaban J connectivity index is 2.02. The summed E-state index contributed by atoms with van der Waals surface area (Å²) in [6, 6.07) is 20.0. The molecule has 0 aliphatic carbocycles. The molecule has 0 atom stereocenters. The summed E-state index contributed by atoms with van der Waals surface area (Å²) in [5.74, 6) is 0. The van der Waals surface area contributed by atoms with Gasteiger partial charge in [0.05, 0.1) is 23.3 Å². The Labute approximate surface area is 126 Å². The molecule has 2 aromatic rings. The van der Waals surface area contributed by atoms with Crippen molar-refractivity contribution in [2.24, 2.45) is 10.2 Å². The summed E-state index contributed by atoms with van der Waals surface area (Å²) in [4.78, 5) is 0. The van der Waals surface area contributed by atoms with Crippen molar-refractivity contribution < 1.29 is 0 Å². The Morgan fingerprint density at radius 1 is 0.810 bits per heavy atom. The van der Waals surface area contributed by atoms with E-state index >= 15 is 0 Å². The van der Waals surface area contributed by atoms with Crippen LogP contribution in [-0.2, 0) is 0 Å². The fourth-order valence-electron chi connectivity index (χ4n) is 1.84. The Hall–Kier alpha value is -2.62. The summed E-state index contributed by atoms with van der Waals surface area (Å²) >= 11 is 0. The molecular formula is C17H20N4. The van der Waals surface area contributed by atoms with E-state index in [1.807, 2.05) is 91.7 Å². The van der Waals surface area contributed by atoms with Crippen LogP contribution in [-0.4, -0.2) is 26.0 Å². The van der Waals surface area contributed by atoms with Crippen LogP contribution in [0.4, 0.5) is 11.4 Å². The summed E-state index contributed by atoms with van der Waals surface area (Å²) in [7, 11) is 3.84. The fraction of sp³-hybridized carbons (Fsp3) is 0.176. The summed E-state index contributed by atoms with van der Waals surface area (Å²) < 4.78 is 0. The minimum atomic E-state index is 0.837. The molecule has 0 saturated carbocycles. The van der Waals surface area contributed by atoms with Crippen LogP contribution in [0.25, 0.3) is 0 Å². The SMILES string of the molecule is CC(/C=N/N(C)c1ccccc1)=N/N(C)c1ccccc1. The van der Waals surface area contributed by atoms with E-state index in [0.29, 0.717) is 0 Å². The van der Waals surface area contributed by atoms with E-state index in [-0.39, 0.29) is 0 Å². The Morgan fingerprint density at radius 2 is 1.29 bits per heavy atom. The predicted molar refractivity (Wildman–Crippen MR) is 91.3 cm³/mol. The molecule has 0 radical (unpaired) electrons. The fourth-order valence-corrected chi connectivity index (χ4v) is 1.84. The molecule has 21 heavy (non-hydrogen) atoms. The molecule has 2 aromatic carbocycles. The number of benzene rings is 2. The van der Waals surface area contributed by atoms with Crippen LogP contribution in [0.5, 0.6) is 0 Å². The van der Waals surface area contributed by atoms with Crippen LogP contribution in [0.2, 0.25) is 0 Å². The third-order valence-electron chi connectivity index (χ3n) is 2.99. The maximum absolute atomic E-state index is 4.49. The second-order valence-electron chi connectivity index (χ2n) is 4.70. The van der Waals surface area contributed by atoms with Crippen molar-refractivity contribution in [1.29, 1.82) is 0 Å². The topological polar surface area (TPSA) is 31.2 Å². The zero-order chi connectivity index (χ0) is 15.1. The van der Waals surface area contributed by atoms with E-state index in [1.165, 1.54) is 0 Å². The molecule has 0 saturated heterocycles. The molecule has 4 nitrogen and oxygen atoms in total. The Morgan fingerprint density at radius 3 is 1.81 bits per heavy atom. The van der Waals surface area contributed by atoms with E-state index in [4.69, 9.17) is 0 Å². The number of nitrogens with zero attached hydrogens (tertiary/aromatic N) is 4. The first-order chi connectivity index (χ1) is 10.2. The monoisotopic (exact) mass is 280 g/mol. The summed E-state index contributed by atoms with van der Waals surface area (Å²) in [6.45, 7) is 1.93. The maximum atomic E-state index is 4.49. The van der Waals surface area contributed by atoms with E-state index < -0.39 is 0 Å². The van der Waals surface area contributed by atoms with E-state index in [1.54, 1.807) is 6.21 Å². The Bertz CT molecular complexity index is 605. The molecule has 0 unspecified atom stereocenters. The van der Waals surface area contributed by atoms with E-state index in [2.05, 4.69) is 10.2 Å². The second kappa shape index (κ2) is 7.24. The summed E-state index contributed by atoms with van der Waals surface area (Å²) in [5, 5.41) is 12.5. The van der Waals surface area contributed by atoms with Gasteiger partial charge in [-0.15, -0.1) is 0 Å². The number of rotatable bonds is 5. The van der Waals surface area contributed by atoms with Crippen molar-refractivity contribution in [1.82, 2.24) is 0 Å². The van der Waals surface area contributed by atoms with Crippen LogP contribution in [0.15, 0.2) is 70.9 Å². The van der Waals surface area contributed by atoms with Gasteiger partial charge in [0.1, 0.15) is 0 Å². The van der Waals surface area contributed by atoms with Gasteiger partial charge in [0, 0.05) is 14.1 Å². The van der Waals surface area contributed by atoms with Crippen molar-refractivity contribution in [3.63, 3.8) is 0 Å². The van der Waals surface area contributed by atoms with Gasteiger partial charge in [0.15, 0.2) is 0 Å². The van der Waals surface area contributed by atoms with Gasteiger partial charge < -0.3 is 0 Å². The quantitative estimate of drug-likeness (QED) is 0.618. The third-order valence-corrected chi connectivity index (χ3v) is 2.99. The lowest BCUT2D eigenvalue weighted by Crippen LogP contribution is -2.14. The molecule has 0 bridgehead atoms. The van der Waals surface area contributed by atoms with Crippen molar-refractivity contribution in [2.45, 2.75) is 6.92 Å². The maximum Gasteiger partial charge on any atom is 0.0778 e. The highest BCUT2D eigenvalue weighted by Crippen LogP contribution is 2.12. The Kier molecular flexibility index (Phi) is 5.10. The van der Waals surface area contributed by atoms with Crippen LogP contribution in [0.1, 0.15) is 6.92 Å². The van der Waals surface area contributed by atoms with Crippen LogP contribution in [0, 0.1) is 0 Å². The van der Waals surface area contributed by atoms with Crippen molar-refractivity contribution >= 4 is 23.3 Å². The van der Waals surface area contributed by atoms with Gasteiger partial charge in [-0.25, -0.2) is 0 Å². The van der Waals surface area contributed by atoms with Gasteiger partial charge in [-0.3, -0.25) is 10.0 Å². The van der Waals surface area contributed by atoms with Crippen LogP contribution in [0.3, 0.4) is 0 Å². The van der Waals surface area contributed by atoms with Gasteiger partial charge in [-0.2, -0.15) is 10.2 Å². The lowest BCUT2D eigenvalue weighted by Gasteiger charge is -2.14. The second-order valence-corrected chi connectivity index (χ2v) is 4.70. The van der Waals surface area contributed by atoms with Crippen LogP contribution >= 0.6 is 0 Å². The van der Waals surface area contributed by atoms with Gasteiger partial charge in [0.2, 0.25) is 0 Å². The summed E-state index contributed by atoms with van der Waals surface area (Å²) in [5.41, 5.74) is 2.92. The first-order valence-corrected chi connectivity index (χ1v) is 6.83. The molecule has 0 aliphatic heterocycles. The van der Waals surface area contributed by atoms with Crippen LogP contribution < -0.4 is 10.0 Å². The average molecular weight is 280 g/mol. The first-order valence-electron chi connectivity index (χ1n) is 6.83. The first kappa shape index (κ1) is 14.8. The summed E-state index contributed by atoms with van der Waals surface area (Å²) in [6.07, 6.45) is 1.76. The van der Waals surface area contributed by atoms with Crippen molar-refractivity contribution in [3.05, 3.63) is 60.7 Å². The van der Waals surface area contributed by atoms with Gasteiger partial charge in [0.25, 0.3) is 0 Å². The molecule has 108 valence electrons. The highest BCUT2D eigenvalue weighted by atomic mass is 15.5. The molecule has 2 rings (SSSR count). The zero-order valence-electron chi connectivity index (χ0n) is 12.6. The smallest absolute Gasteiger partial charge is 0.0778 e. The van der Waals surface area contributed by atoms with Crippen molar-refractivity contribution in [3.8, 4) is 0 Å². The molecule has 0 spiro atoms. The molecule has 0 fully saturated rings. The minimum Gasteiger partial charge on any atom is -0.269 e. The van der Waals surface area contributed by atoms with E-state index in [0.717, 1.165) is 17.1 Å². The molecule has 0 N–H and O–H groups in total. The molecule has 0 amide bonds. The molecule has 0 aromatic heterocycles. The number of hydrazone groups is 2. The number of anilines is 2. The molecule has 4 heteroatoms. The number of para-hydroxylation sites is 2. The largest absolute Gasteiger partial charge is 0.269 e. The van der Waals surface area contributed by atoms with E-state index in [9.17, 15) is 0 Å². The van der Waals surface area contributed by atoms with Gasteiger partial charge in [-0.1, -0.05) is 36.4 Å². The lowest BCUT2D eigenvalue weighted by molar-refractivity contribution is 1.01. The van der Waals surface area contributed by atoms with Crippen molar-refractivity contribution in [2.75, 3.05) is 24.1 Å².